The second-order valence-electron chi connectivity index (χ2n) is 6.70. The first-order chi connectivity index (χ1) is 12.6. The van der Waals surface area contributed by atoms with E-state index in [1.165, 1.54) is 22.2 Å². The van der Waals surface area contributed by atoms with E-state index in [1.54, 1.807) is 18.4 Å². The number of halogens is 1. The summed E-state index contributed by atoms with van der Waals surface area (Å²) >= 11 is 1.70. The number of H-pyrrole nitrogens is 1. The lowest BCUT2D eigenvalue weighted by Gasteiger charge is -2.11. The van der Waals surface area contributed by atoms with E-state index in [4.69, 9.17) is 0 Å². The largest absolute Gasteiger partial charge is 0.358 e. The molecule has 0 spiro atoms. The van der Waals surface area contributed by atoms with Crippen LogP contribution >= 0.6 is 35.3 Å². The van der Waals surface area contributed by atoms with Crippen LogP contribution in [-0.2, 0) is 13.0 Å². The zero-order valence-corrected chi connectivity index (χ0v) is 19.4. The molecule has 0 fully saturated rings. The molecule has 2 aromatic heterocycles. The van der Waals surface area contributed by atoms with Crippen LogP contribution in [0.1, 0.15) is 41.7 Å². The molecule has 27 heavy (non-hydrogen) atoms. The van der Waals surface area contributed by atoms with Gasteiger partial charge in [-0.15, -0.1) is 35.3 Å². The Kier molecular flexibility index (Phi) is 8.09. The second kappa shape index (κ2) is 10.1. The predicted octanol–water partition coefficient (Wildman–Crippen LogP) is 4.58. The van der Waals surface area contributed by atoms with Crippen LogP contribution in [0.3, 0.4) is 0 Å². The molecule has 0 aliphatic heterocycles. The summed E-state index contributed by atoms with van der Waals surface area (Å²) in [6, 6.07) is 8.46. The molecular formula is C20H28IN5S. The van der Waals surface area contributed by atoms with Gasteiger partial charge in [0.05, 0.1) is 12.2 Å². The Balaban J connectivity index is 0.00000261. The highest BCUT2D eigenvalue weighted by molar-refractivity contribution is 14.0. The smallest absolute Gasteiger partial charge is 0.191 e. The van der Waals surface area contributed by atoms with Crippen LogP contribution in [0.25, 0.3) is 10.9 Å². The van der Waals surface area contributed by atoms with Gasteiger partial charge in [-0.1, -0.05) is 32.0 Å². The fourth-order valence-electron chi connectivity index (χ4n) is 3.01. The van der Waals surface area contributed by atoms with Crippen LogP contribution in [0.4, 0.5) is 0 Å². The quantitative estimate of drug-likeness (QED) is 0.265. The van der Waals surface area contributed by atoms with Crippen molar-refractivity contribution in [3.8, 4) is 0 Å². The number of thiazole rings is 1. The molecule has 0 unspecified atom stereocenters. The van der Waals surface area contributed by atoms with Gasteiger partial charge in [0.15, 0.2) is 5.96 Å². The Morgan fingerprint density at radius 3 is 2.74 bits per heavy atom. The summed E-state index contributed by atoms with van der Waals surface area (Å²) in [5.41, 5.74) is 4.96. The van der Waals surface area contributed by atoms with E-state index in [9.17, 15) is 0 Å². The number of hydrogen-bond acceptors (Lipinski definition) is 3. The molecule has 0 radical (unpaired) electrons. The van der Waals surface area contributed by atoms with E-state index < -0.39 is 0 Å². The third kappa shape index (κ3) is 5.44. The zero-order chi connectivity index (χ0) is 18.5. The first-order valence-corrected chi connectivity index (χ1v) is 9.91. The van der Waals surface area contributed by atoms with Crippen molar-refractivity contribution in [1.29, 1.82) is 0 Å². The molecule has 0 aliphatic carbocycles. The van der Waals surface area contributed by atoms with Gasteiger partial charge in [0, 0.05) is 35.6 Å². The molecule has 0 aliphatic rings. The van der Waals surface area contributed by atoms with Crippen LogP contribution < -0.4 is 10.6 Å². The molecule has 1 aromatic carbocycles. The van der Waals surface area contributed by atoms with Crippen LogP contribution in [0.5, 0.6) is 0 Å². The number of aliphatic imine (C=N–C) groups is 1. The monoisotopic (exact) mass is 497 g/mol. The van der Waals surface area contributed by atoms with Gasteiger partial charge in [0.25, 0.3) is 0 Å². The molecule has 0 saturated heterocycles. The van der Waals surface area contributed by atoms with Crippen molar-refractivity contribution in [3.05, 3.63) is 51.6 Å². The number of guanidine groups is 1. The number of rotatable bonds is 6. The fourth-order valence-corrected chi connectivity index (χ4v) is 3.91. The van der Waals surface area contributed by atoms with Crippen LogP contribution in [0, 0.1) is 6.92 Å². The molecule has 146 valence electrons. The molecule has 0 bridgehead atoms. The number of benzene rings is 1. The molecule has 3 aromatic rings. The number of nitrogens with zero attached hydrogens (tertiary/aromatic N) is 2. The Labute approximate surface area is 182 Å². The second-order valence-corrected chi connectivity index (χ2v) is 7.64. The molecule has 0 saturated carbocycles. The molecule has 0 amide bonds. The van der Waals surface area contributed by atoms with E-state index in [2.05, 4.69) is 76.0 Å². The number of para-hydroxylation sites is 1. The molecular weight excluding hydrogens is 469 g/mol. The Morgan fingerprint density at radius 2 is 2.04 bits per heavy atom. The van der Waals surface area contributed by atoms with Gasteiger partial charge >= 0.3 is 0 Å². The maximum atomic E-state index is 4.65. The number of aromatic amines is 1. The average Bonchev–Trinajstić information content (AvgIpc) is 3.22. The normalized spacial score (nSPS) is 11.7. The standard InChI is InChI=1S/C20H27N5S.HI/c1-13(2)18-12-26-19(25-18)11-23-20(21-4)22-10-9-15-14(3)24-17-8-6-5-7-16(15)17;/h5-8,12-13,24H,9-11H2,1-4H3,(H2,21,22,23);1H. The van der Waals surface area contributed by atoms with Gasteiger partial charge < -0.3 is 15.6 Å². The van der Waals surface area contributed by atoms with Crippen LogP contribution in [0.2, 0.25) is 0 Å². The summed E-state index contributed by atoms with van der Waals surface area (Å²) < 4.78 is 0. The lowest BCUT2D eigenvalue weighted by molar-refractivity contribution is 0.778. The Hall–Kier alpha value is -1.61. The number of nitrogens with one attached hydrogen (secondary N) is 3. The SMILES string of the molecule is CN=C(NCCc1c(C)[nH]c2ccccc12)NCc1nc(C(C)C)cs1.I. The van der Waals surface area contributed by atoms with Crippen molar-refractivity contribution in [2.24, 2.45) is 4.99 Å². The van der Waals surface area contributed by atoms with Crippen molar-refractivity contribution >= 4 is 52.2 Å². The predicted molar refractivity (Wildman–Crippen MR) is 127 cm³/mol. The van der Waals surface area contributed by atoms with Gasteiger partial charge in [-0.25, -0.2) is 4.98 Å². The lowest BCUT2D eigenvalue weighted by atomic mass is 10.1. The Bertz CT molecular complexity index is 897. The lowest BCUT2D eigenvalue weighted by Crippen LogP contribution is -2.37. The summed E-state index contributed by atoms with van der Waals surface area (Å²) in [6.07, 6.45) is 0.950. The number of aromatic nitrogens is 2. The van der Waals surface area contributed by atoms with E-state index in [1.807, 2.05) is 0 Å². The van der Waals surface area contributed by atoms with E-state index >= 15 is 0 Å². The minimum absolute atomic E-state index is 0. The Morgan fingerprint density at radius 1 is 1.26 bits per heavy atom. The summed E-state index contributed by atoms with van der Waals surface area (Å²) in [6.45, 7) is 8.00. The number of aryl methyl sites for hydroxylation is 1. The minimum atomic E-state index is 0. The zero-order valence-electron chi connectivity index (χ0n) is 16.3. The van der Waals surface area contributed by atoms with Gasteiger partial charge in [-0.05, 0) is 30.9 Å². The van der Waals surface area contributed by atoms with E-state index in [0.717, 1.165) is 29.6 Å². The minimum Gasteiger partial charge on any atom is -0.358 e. The van der Waals surface area contributed by atoms with E-state index in [-0.39, 0.29) is 24.0 Å². The van der Waals surface area contributed by atoms with Gasteiger partial charge in [0.1, 0.15) is 5.01 Å². The molecule has 2 heterocycles. The molecule has 3 rings (SSSR count). The summed E-state index contributed by atoms with van der Waals surface area (Å²) in [5.74, 6) is 1.28. The molecule has 7 heteroatoms. The highest BCUT2D eigenvalue weighted by Crippen LogP contribution is 2.22. The highest BCUT2D eigenvalue weighted by Gasteiger charge is 2.09. The third-order valence-electron chi connectivity index (χ3n) is 4.49. The molecule has 5 nitrogen and oxygen atoms in total. The third-order valence-corrected chi connectivity index (χ3v) is 5.35. The van der Waals surface area contributed by atoms with Crippen molar-refractivity contribution in [3.63, 3.8) is 0 Å². The van der Waals surface area contributed by atoms with Crippen molar-refractivity contribution in [1.82, 2.24) is 20.6 Å². The summed E-state index contributed by atoms with van der Waals surface area (Å²) in [7, 11) is 1.80. The summed E-state index contributed by atoms with van der Waals surface area (Å²) in [4.78, 5) is 12.4. The molecule has 3 N–H and O–H groups in total. The first kappa shape index (κ1) is 21.7. The van der Waals surface area contributed by atoms with Gasteiger partial charge in [0.2, 0.25) is 0 Å². The average molecular weight is 497 g/mol. The molecule has 0 atom stereocenters. The maximum absolute atomic E-state index is 4.65. The van der Waals surface area contributed by atoms with Crippen molar-refractivity contribution < 1.29 is 0 Å². The topological polar surface area (TPSA) is 65.1 Å². The fraction of sp³-hybridized carbons (Fsp3) is 0.400. The van der Waals surface area contributed by atoms with Crippen molar-refractivity contribution in [2.75, 3.05) is 13.6 Å². The maximum Gasteiger partial charge on any atom is 0.191 e. The van der Waals surface area contributed by atoms with Gasteiger partial charge in [-0.3, -0.25) is 4.99 Å². The summed E-state index contributed by atoms with van der Waals surface area (Å²) in [5, 5.41) is 11.3. The van der Waals surface area contributed by atoms with Crippen LogP contribution in [0.15, 0.2) is 34.6 Å². The van der Waals surface area contributed by atoms with Gasteiger partial charge in [-0.2, -0.15) is 0 Å². The number of fused-ring (bicyclic) bond motifs is 1. The van der Waals surface area contributed by atoms with Crippen LogP contribution in [-0.4, -0.2) is 29.5 Å². The number of hydrogen-bond donors (Lipinski definition) is 3. The highest BCUT2D eigenvalue weighted by atomic mass is 127. The van der Waals surface area contributed by atoms with Crippen molar-refractivity contribution in [2.45, 2.75) is 39.7 Å². The van der Waals surface area contributed by atoms with E-state index in [0.29, 0.717) is 12.5 Å². The first-order valence-electron chi connectivity index (χ1n) is 9.03.